The van der Waals surface area contributed by atoms with Crippen LogP contribution in [0.4, 0.5) is 5.69 Å². The van der Waals surface area contributed by atoms with Gasteiger partial charge in [-0.1, -0.05) is 6.07 Å². The minimum atomic E-state index is -0.926. The molecule has 3 aromatic rings. The molecule has 0 unspecified atom stereocenters. The SMILES string of the molecule is O=C(O)c1ccc(-n2cccc2C=Nc2cccc(I)c2)cc1. The highest BCUT2D eigenvalue weighted by atomic mass is 127. The molecule has 2 aromatic carbocycles. The van der Waals surface area contributed by atoms with Crippen LogP contribution in [-0.2, 0) is 0 Å². The van der Waals surface area contributed by atoms with Crippen LogP contribution in [0.25, 0.3) is 5.69 Å². The lowest BCUT2D eigenvalue weighted by atomic mass is 10.2. The predicted octanol–water partition coefficient (Wildman–Crippen LogP) is 4.53. The first kappa shape index (κ1) is 15.5. The van der Waals surface area contributed by atoms with Crippen molar-refractivity contribution in [1.82, 2.24) is 4.57 Å². The van der Waals surface area contributed by atoms with Crippen molar-refractivity contribution in [2.24, 2.45) is 4.99 Å². The molecule has 0 atom stereocenters. The zero-order valence-corrected chi connectivity index (χ0v) is 14.2. The fraction of sp³-hybridized carbons (Fsp3) is 0. The lowest BCUT2D eigenvalue weighted by Crippen LogP contribution is -2.00. The number of benzene rings is 2. The highest BCUT2D eigenvalue weighted by Gasteiger charge is 2.04. The van der Waals surface area contributed by atoms with E-state index in [1.54, 1.807) is 30.5 Å². The third-order valence-electron chi connectivity index (χ3n) is 3.33. The number of halogens is 1. The summed E-state index contributed by atoms with van der Waals surface area (Å²) in [6.45, 7) is 0. The van der Waals surface area contributed by atoms with Gasteiger partial charge in [0.05, 0.1) is 23.2 Å². The Kier molecular flexibility index (Phi) is 4.57. The summed E-state index contributed by atoms with van der Waals surface area (Å²) in [5.41, 5.74) is 2.98. The van der Waals surface area contributed by atoms with Gasteiger partial charge in [0, 0.05) is 15.5 Å². The first-order valence-electron chi connectivity index (χ1n) is 6.94. The number of carboxylic acids is 1. The Labute approximate surface area is 147 Å². The predicted molar refractivity (Wildman–Crippen MR) is 99.1 cm³/mol. The third-order valence-corrected chi connectivity index (χ3v) is 4.00. The van der Waals surface area contributed by atoms with Gasteiger partial charge in [-0.3, -0.25) is 4.99 Å². The minimum Gasteiger partial charge on any atom is -0.478 e. The molecule has 0 spiro atoms. The molecule has 1 aromatic heterocycles. The van der Waals surface area contributed by atoms with Crippen molar-refractivity contribution >= 4 is 40.5 Å². The molecule has 0 fully saturated rings. The van der Waals surface area contributed by atoms with E-state index < -0.39 is 5.97 Å². The monoisotopic (exact) mass is 416 g/mol. The van der Waals surface area contributed by atoms with Crippen molar-refractivity contribution in [2.45, 2.75) is 0 Å². The zero-order chi connectivity index (χ0) is 16.2. The minimum absolute atomic E-state index is 0.273. The summed E-state index contributed by atoms with van der Waals surface area (Å²) in [6, 6.07) is 18.6. The van der Waals surface area contributed by atoms with Gasteiger partial charge in [0.1, 0.15) is 0 Å². The van der Waals surface area contributed by atoms with Crippen molar-refractivity contribution < 1.29 is 9.90 Å². The van der Waals surface area contributed by atoms with E-state index in [-0.39, 0.29) is 5.56 Å². The maximum atomic E-state index is 10.9. The number of rotatable bonds is 4. The molecule has 114 valence electrons. The number of aromatic nitrogens is 1. The van der Waals surface area contributed by atoms with Gasteiger partial charge in [-0.25, -0.2) is 4.79 Å². The third kappa shape index (κ3) is 3.68. The Balaban J connectivity index is 1.89. The van der Waals surface area contributed by atoms with E-state index in [1.165, 1.54) is 0 Å². The highest BCUT2D eigenvalue weighted by Crippen LogP contribution is 2.17. The highest BCUT2D eigenvalue weighted by molar-refractivity contribution is 14.1. The molecule has 0 aliphatic heterocycles. The Hall–Kier alpha value is -2.41. The van der Waals surface area contributed by atoms with E-state index >= 15 is 0 Å². The van der Waals surface area contributed by atoms with Crippen LogP contribution < -0.4 is 0 Å². The van der Waals surface area contributed by atoms with Gasteiger partial charge in [0.2, 0.25) is 0 Å². The number of hydrogen-bond acceptors (Lipinski definition) is 2. The van der Waals surface area contributed by atoms with Crippen molar-refractivity contribution in [2.75, 3.05) is 0 Å². The topological polar surface area (TPSA) is 54.6 Å². The van der Waals surface area contributed by atoms with E-state index in [0.29, 0.717) is 0 Å². The standard InChI is InChI=1S/C18H13IN2O2/c19-14-3-1-4-15(11-14)20-12-17-5-2-10-21(17)16-8-6-13(7-9-16)18(22)23/h1-12H,(H,22,23). The van der Waals surface area contributed by atoms with Crippen LogP contribution in [0.15, 0.2) is 71.9 Å². The fourth-order valence-electron chi connectivity index (χ4n) is 2.20. The second-order valence-corrected chi connectivity index (χ2v) is 6.14. The molecule has 0 aliphatic carbocycles. The summed E-state index contributed by atoms with van der Waals surface area (Å²) in [6.07, 6.45) is 3.72. The Morgan fingerprint density at radius 2 is 1.87 bits per heavy atom. The number of carboxylic acid groups (broad SMARTS) is 1. The normalized spacial score (nSPS) is 11.0. The molecule has 0 amide bonds. The molecular weight excluding hydrogens is 403 g/mol. The molecule has 0 radical (unpaired) electrons. The van der Waals surface area contributed by atoms with Gasteiger partial charge in [-0.15, -0.1) is 0 Å². The van der Waals surface area contributed by atoms with Crippen molar-refractivity contribution in [1.29, 1.82) is 0 Å². The smallest absolute Gasteiger partial charge is 0.335 e. The van der Waals surface area contributed by atoms with E-state index in [9.17, 15) is 4.79 Å². The van der Waals surface area contributed by atoms with Crippen LogP contribution in [0.5, 0.6) is 0 Å². The van der Waals surface area contributed by atoms with Crippen LogP contribution >= 0.6 is 22.6 Å². The molecule has 3 rings (SSSR count). The van der Waals surface area contributed by atoms with Crippen molar-refractivity contribution in [3.8, 4) is 5.69 Å². The molecule has 0 bridgehead atoms. The molecule has 0 aliphatic rings. The maximum Gasteiger partial charge on any atom is 0.335 e. The van der Waals surface area contributed by atoms with E-state index in [1.807, 2.05) is 47.2 Å². The number of hydrogen-bond donors (Lipinski definition) is 1. The first-order valence-corrected chi connectivity index (χ1v) is 8.02. The van der Waals surface area contributed by atoms with Gasteiger partial charge in [-0.05, 0) is 77.2 Å². The lowest BCUT2D eigenvalue weighted by Gasteiger charge is -2.06. The second-order valence-electron chi connectivity index (χ2n) is 4.89. The van der Waals surface area contributed by atoms with Crippen LogP contribution in [-0.4, -0.2) is 21.9 Å². The summed E-state index contributed by atoms with van der Waals surface area (Å²) >= 11 is 2.26. The lowest BCUT2D eigenvalue weighted by molar-refractivity contribution is 0.0697. The molecule has 5 heteroatoms. The van der Waals surface area contributed by atoms with E-state index in [4.69, 9.17) is 5.11 Å². The Morgan fingerprint density at radius 3 is 2.57 bits per heavy atom. The molecular formula is C18H13IN2O2. The van der Waals surface area contributed by atoms with Gasteiger partial charge in [-0.2, -0.15) is 0 Å². The van der Waals surface area contributed by atoms with Crippen LogP contribution in [0.3, 0.4) is 0 Å². The second kappa shape index (κ2) is 6.78. The Morgan fingerprint density at radius 1 is 1.09 bits per heavy atom. The maximum absolute atomic E-state index is 10.9. The fourth-order valence-corrected chi connectivity index (χ4v) is 2.72. The van der Waals surface area contributed by atoms with Gasteiger partial charge < -0.3 is 9.67 Å². The van der Waals surface area contributed by atoms with Gasteiger partial charge in [0.15, 0.2) is 0 Å². The summed E-state index contributed by atoms with van der Waals surface area (Å²) in [7, 11) is 0. The first-order chi connectivity index (χ1) is 11.1. The average molecular weight is 416 g/mol. The van der Waals surface area contributed by atoms with E-state index in [0.717, 1.165) is 20.6 Å². The molecule has 4 nitrogen and oxygen atoms in total. The van der Waals surface area contributed by atoms with Crippen LogP contribution in [0.1, 0.15) is 16.1 Å². The van der Waals surface area contributed by atoms with Crippen LogP contribution in [0.2, 0.25) is 0 Å². The largest absolute Gasteiger partial charge is 0.478 e. The molecule has 1 heterocycles. The van der Waals surface area contributed by atoms with Gasteiger partial charge in [0.25, 0.3) is 0 Å². The summed E-state index contributed by atoms with van der Waals surface area (Å²) in [5, 5.41) is 8.96. The molecule has 23 heavy (non-hydrogen) atoms. The number of nitrogens with zero attached hydrogens (tertiary/aromatic N) is 2. The average Bonchev–Trinajstić information content (AvgIpc) is 3.01. The Bertz CT molecular complexity index is 867. The number of carbonyl (C=O) groups is 1. The van der Waals surface area contributed by atoms with Gasteiger partial charge >= 0.3 is 5.97 Å². The molecule has 1 N–H and O–H groups in total. The molecule has 0 saturated heterocycles. The van der Waals surface area contributed by atoms with Crippen LogP contribution in [0, 0.1) is 3.57 Å². The summed E-state index contributed by atoms with van der Waals surface area (Å²) < 4.78 is 3.10. The van der Waals surface area contributed by atoms with Crippen molar-refractivity contribution in [3.63, 3.8) is 0 Å². The summed E-state index contributed by atoms with van der Waals surface area (Å²) in [5.74, 6) is -0.926. The van der Waals surface area contributed by atoms with Crippen molar-refractivity contribution in [3.05, 3.63) is 81.7 Å². The quantitative estimate of drug-likeness (QED) is 0.502. The van der Waals surface area contributed by atoms with E-state index in [2.05, 4.69) is 27.6 Å². The molecule has 0 saturated carbocycles. The number of aliphatic imine (C=N–C) groups is 1. The summed E-state index contributed by atoms with van der Waals surface area (Å²) in [4.78, 5) is 15.4. The number of aromatic carboxylic acids is 1. The zero-order valence-electron chi connectivity index (χ0n) is 12.1.